The first-order chi connectivity index (χ1) is 12.7. The molecule has 0 radical (unpaired) electrons. The van der Waals surface area contributed by atoms with Crippen LogP contribution in [0.3, 0.4) is 0 Å². The monoisotopic (exact) mass is 373 g/mol. The van der Waals surface area contributed by atoms with E-state index < -0.39 is 0 Å². The standard InChI is InChI=1S/C19H27N5OS/c1-3-12-24-18(15-8-10-20-11-9-15)22-23-19(24)26-13-17(25)21-16-7-5-4-6-14(16)2/h8-11,14,16H,3-7,12-13H2,1-2H3,(H,21,25)/t14-,16-/m0/s1. The van der Waals surface area contributed by atoms with E-state index in [1.807, 2.05) is 12.1 Å². The Morgan fingerprint density at radius 3 is 2.77 bits per heavy atom. The molecule has 7 heteroatoms. The summed E-state index contributed by atoms with van der Waals surface area (Å²) in [5.74, 6) is 1.87. The van der Waals surface area contributed by atoms with Crippen LogP contribution in [0.15, 0.2) is 29.7 Å². The van der Waals surface area contributed by atoms with Crippen LogP contribution < -0.4 is 5.32 Å². The molecule has 2 heterocycles. The third-order valence-electron chi connectivity index (χ3n) is 4.89. The lowest BCUT2D eigenvalue weighted by atomic mass is 9.86. The number of pyridine rings is 1. The predicted molar refractivity (Wildman–Crippen MR) is 104 cm³/mol. The number of nitrogens with zero attached hydrogens (tertiary/aromatic N) is 4. The van der Waals surface area contributed by atoms with Gasteiger partial charge in [0.1, 0.15) is 0 Å². The van der Waals surface area contributed by atoms with Gasteiger partial charge in [-0.2, -0.15) is 0 Å². The van der Waals surface area contributed by atoms with Crippen molar-refractivity contribution in [3.8, 4) is 11.4 Å². The predicted octanol–water partition coefficient (Wildman–Crippen LogP) is 3.54. The summed E-state index contributed by atoms with van der Waals surface area (Å²) in [6.07, 6.45) is 9.28. The summed E-state index contributed by atoms with van der Waals surface area (Å²) < 4.78 is 2.09. The summed E-state index contributed by atoms with van der Waals surface area (Å²) >= 11 is 1.46. The fraction of sp³-hybridized carbons (Fsp3) is 0.579. The highest BCUT2D eigenvalue weighted by Crippen LogP contribution is 2.25. The molecular weight excluding hydrogens is 346 g/mol. The SMILES string of the molecule is CCCn1c(SCC(=O)N[C@H]2CCCC[C@@H]2C)nnc1-c1ccncc1. The van der Waals surface area contributed by atoms with Gasteiger partial charge in [0.15, 0.2) is 11.0 Å². The number of amides is 1. The van der Waals surface area contributed by atoms with Crippen molar-refractivity contribution in [1.29, 1.82) is 0 Å². The number of rotatable bonds is 7. The van der Waals surface area contributed by atoms with E-state index in [-0.39, 0.29) is 5.91 Å². The molecule has 0 bridgehead atoms. The molecule has 0 saturated heterocycles. The van der Waals surface area contributed by atoms with Gasteiger partial charge in [-0.05, 0) is 37.3 Å². The Bertz CT molecular complexity index is 718. The average molecular weight is 374 g/mol. The molecule has 2 atom stereocenters. The van der Waals surface area contributed by atoms with Gasteiger partial charge in [0.25, 0.3) is 0 Å². The highest BCUT2D eigenvalue weighted by atomic mass is 32.2. The van der Waals surface area contributed by atoms with Crippen LogP contribution in [0.2, 0.25) is 0 Å². The number of carbonyl (C=O) groups is 1. The molecule has 1 aliphatic carbocycles. The molecule has 0 aliphatic heterocycles. The van der Waals surface area contributed by atoms with E-state index in [4.69, 9.17) is 0 Å². The van der Waals surface area contributed by atoms with Crippen molar-refractivity contribution >= 4 is 17.7 Å². The van der Waals surface area contributed by atoms with E-state index in [9.17, 15) is 4.79 Å². The Hall–Kier alpha value is -1.89. The number of hydrogen-bond acceptors (Lipinski definition) is 5. The topological polar surface area (TPSA) is 72.7 Å². The van der Waals surface area contributed by atoms with Gasteiger partial charge >= 0.3 is 0 Å². The average Bonchev–Trinajstić information content (AvgIpc) is 3.06. The molecule has 2 aromatic heterocycles. The molecule has 1 amide bonds. The lowest BCUT2D eigenvalue weighted by molar-refractivity contribution is -0.119. The van der Waals surface area contributed by atoms with Gasteiger partial charge in [-0.3, -0.25) is 9.78 Å². The van der Waals surface area contributed by atoms with Crippen molar-refractivity contribution in [3.63, 3.8) is 0 Å². The summed E-state index contributed by atoms with van der Waals surface area (Å²) in [7, 11) is 0. The highest BCUT2D eigenvalue weighted by molar-refractivity contribution is 7.99. The normalized spacial score (nSPS) is 20.1. The van der Waals surface area contributed by atoms with Crippen LogP contribution in [-0.4, -0.2) is 37.5 Å². The number of thioether (sulfide) groups is 1. The second-order valence-corrected chi connectivity index (χ2v) is 7.86. The van der Waals surface area contributed by atoms with Crippen LogP contribution in [0, 0.1) is 5.92 Å². The molecule has 26 heavy (non-hydrogen) atoms. The molecule has 0 aromatic carbocycles. The van der Waals surface area contributed by atoms with Crippen LogP contribution in [-0.2, 0) is 11.3 Å². The fourth-order valence-electron chi connectivity index (χ4n) is 3.44. The minimum atomic E-state index is 0.0882. The Kier molecular flexibility index (Phi) is 6.66. The number of aromatic nitrogens is 4. The first kappa shape index (κ1) is 18.9. The number of hydrogen-bond donors (Lipinski definition) is 1. The van der Waals surface area contributed by atoms with Crippen molar-refractivity contribution in [2.75, 3.05) is 5.75 Å². The second-order valence-electron chi connectivity index (χ2n) is 6.92. The smallest absolute Gasteiger partial charge is 0.230 e. The number of carbonyl (C=O) groups excluding carboxylic acids is 1. The van der Waals surface area contributed by atoms with E-state index in [0.717, 1.165) is 35.9 Å². The van der Waals surface area contributed by atoms with E-state index in [0.29, 0.717) is 17.7 Å². The Balaban J connectivity index is 1.64. The molecule has 140 valence electrons. The van der Waals surface area contributed by atoms with Crippen molar-refractivity contribution in [2.24, 2.45) is 5.92 Å². The van der Waals surface area contributed by atoms with Gasteiger partial charge in [0.2, 0.25) is 5.91 Å². The van der Waals surface area contributed by atoms with Gasteiger partial charge in [0.05, 0.1) is 5.75 Å². The van der Waals surface area contributed by atoms with Gasteiger partial charge in [-0.1, -0.05) is 38.5 Å². The Morgan fingerprint density at radius 2 is 2.04 bits per heavy atom. The zero-order chi connectivity index (χ0) is 18.4. The first-order valence-corrected chi connectivity index (χ1v) is 10.4. The summed E-state index contributed by atoms with van der Waals surface area (Å²) in [5, 5.41) is 12.7. The van der Waals surface area contributed by atoms with Crippen molar-refractivity contribution in [2.45, 2.75) is 63.7 Å². The van der Waals surface area contributed by atoms with E-state index in [2.05, 4.69) is 38.9 Å². The maximum Gasteiger partial charge on any atom is 0.230 e. The molecule has 2 aromatic rings. The largest absolute Gasteiger partial charge is 0.352 e. The zero-order valence-electron chi connectivity index (χ0n) is 15.5. The van der Waals surface area contributed by atoms with Crippen LogP contribution >= 0.6 is 11.8 Å². The molecule has 1 fully saturated rings. The summed E-state index contributed by atoms with van der Waals surface area (Å²) in [5.41, 5.74) is 0.994. The van der Waals surface area contributed by atoms with Crippen LogP contribution in [0.5, 0.6) is 0 Å². The third kappa shape index (κ3) is 4.63. The fourth-order valence-corrected chi connectivity index (χ4v) is 4.22. The van der Waals surface area contributed by atoms with E-state index in [1.54, 1.807) is 12.4 Å². The Labute approximate surface area is 159 Å². The van der Waals surface area contributed by atoms with Gasteiger partial charge in [-0.15, -0.1) is 10.2 Å². The van der Waals surface area contributed by atoms with Crippen molar-refractivity contribution in [1.82, 2.24) is 25.1 Å². The second kappa shape index (κ2) is 9.16. The molecule has 0 spiro atoms. The molecule has 1 aliphatic rings. The van der Waals surface area contributed by atoms with Gasteiger partial charge in [0, 0.05) is 30.5 Å². The molecule has 1 N–H and O–H groups in total. The minimum Gasteiger partial charge on any atom is -0.352 e. The molecular formula is C19H27N5OS. The number of nitrogens with one attached hydrogen (secondary N) is 1. The molecule has 3 rings (SSSR count). The Morgan fingerprint density at radius 1 is 1.27 bits per heavy atom. The maximum atomic E-state index is 12.4. The van der Waals surface area contributed by atoms with E-state index in [1.165, 1.54) is 31.0 Å². The van der Waals surface area contributed by atoms with Crippen molar-refractivity contribution in [3.05, 3.63) is 24.5 Å². The summed E-state index contributed by atoms with van der Waals surface area (Å²) in [6, 6.07) is 4.18. The van der Waals surface area contributed by atoms with Gasteiger partial charge < -0.3 is 9.88 Å². The quantitative estimate of drug-likeness (QED) is 0.752. The maximum absolute atomic E-state index is 12.4. The van der Waals surface area contributed by atoms with Gasteiger partial charge in [-0.25, -0.2) is 0 Å². The summed E-state index contributed by atoms with van der Waals surface area (Å²) in [4.78, 5) is 16.4. The molecule has 1 saturated carbocycles. The summed E-state index contributed by atoms with van der Waals surface area (Å²) in [6.45, 7) is 5.19. The van der Waals surface area contributed by atoms with Crippen LogP contribution in [0.25, 0.3) is 11.4 Å². The zero-order valence-corrected chi connectivity index (χ0v) is 16.3. The van der Waals surface area contributed by atoms with Crippen LogP contribution in [0.4, 0.5) is 0 Å². The minimum absolute atomic E-state index is 0.0882. The highest BCUT2D eigenvalue weighted by Gasteiger charge is 2.23. The van der Waals surface area contributed by atoms with Crippen molar-refractivity contribution < 1.29 is 4.79 Å². The lowest BCUT2D eigenvalue weighted by Crippen LogP contribution is -2.41. The lowest BCUT2D eigenvalue weighted by Gasteiger charge is -2.29. The molecule has 6 nitrogen and oxygen atoms in total. The van der Waals surface area contributed by atoms with Crippen LogP contribution in [0.1, 0.15) is 46.0 Å². The first-order valence-electron chi connectivity index (χ1n) is 9.44. The molecule has 0 unspecified atom stereocenters. The third-order valence-corrected chi connectivity index (χ3v) is 5.86. The van der Waals surface area contributed by atoms with E-state index >= 15 is 0 Å².